The van der Waals surface area contributed by atoms with E-state index in [4.69, 9.17) is 15.6 Å². The number of hydrogen-bond donors (Lipinski definition) is 5. The van der Waals surface area contributed by atoms with Crippen LogP contribution in [0.5, 0.6) is 11.5 Å². The molecule has 3 atom stereocenters. The quantitative estimate of drug-likeness (QED) is 0.405. The maximum Gasteiger partial charge on any atom is 0.290 e. The highest BCUT2D eigenvalue weighted by Gasteiger charge is 2.38. The largest absolute Gasteiger partial charge is 0.504 e. The number of fused-ring (bicyclic) bond motifs is 1. The molecule has 0 saturated carbocycles. The average Bonchev–Trinajstić information content (AvgIpc) is 2.69. The van der Waals surface area contributed by atoms with E-state index < -0.39 is 0 Å². The lowest BCUT2D eigenvalue weighted by Gasteiger charge is -2.40. The molecule has 6 heteroatoms. The van der Waals surface area contributed by atoms with Crippen LogP contribution in [0.15, 0.2) is 42.5 Å². The van der Waals surface area contributed by atoms with Gasteiger partial charge in [-0.1, -0.05) is 36.4 Å². The molecule has 0 aliphatic heterocycles. The van der Waals surface area contributed by atoms with Crippen molar-refractivity contribution in [1.29, 1.82) is 0 Å². The van der Waals surface area contributed by atoms with E-state index in [2.05, 4.69) is 12.1 Å². The van der Waals surface area contributed by atoms with Crippen LogP contribution < -0.4 is 5.73 Å². The first-order chi connectivity index (χ1) is 13.1. The third kappa shape index (κ3) is 4.59. The smallest absolute Gasteiger partial charge is 0.290 e. The summed E-state index contributed by atoms with van der Waals surface area (Å²) in [5.74, 6) is 0.530. The molecule has 6 nitrogen and oxygen atoms in total. The Kier molecular flexibility index (Phi) is 7.64. The van der Waals surface area contributed by atoms with Crippen molar-refractivity contribution >= 4 is 6.47 Å². The van der Waals surface area contributed by atoms with Crippen molar-refractivity contribution in [1.82, 2.24) is 0 Å². The highest BCUT2D eigenvalue weighted by molar-refractivity contribution is 5.53. The van der Waals surface area contributed by atoms with Gasteiger partial charge < -0.3 is 26.2 Å². The zero-order valence-corrected chi connectivity index (χ0v) is 15.2. The molecule has 6 N–H and O–H groups in total. The van der Waals surface area contributed by atoms with Gasteiger partial charge in [0.2, 0.25) is 0 Å². The van der Waals surface area contributed by atoms with Gasteiger partial charge in [-0.15, -0.1) is 0 Å². The number of carbonyl (C=O) groups is 1. The van der Waals surface area contributed by atoms with Crippen LogP contribution >= 0.6 is 0 Å². The van der Waals surface area contributed by atoms with E-state index in [1.54, 1.807) is 6.07 Å². The Balaban J connectivity index is 0.000000817. The molecule has 0 amide bonds. The van der Waals surface area contributed by atoms with Gasteiger partial charge in [0.05, 0.1) is 0 Å². The Morgan fingerprint density at radius 2 is 1.78 bits per heavy atom. The molecule has 0 radical (unpaired) electrons. The van der Waals surface area contributed by atoms with E-state index in [1.807, 2.05) is 24.3 Å². The van der Waals surface area contributed by atoms with Gasteiger partial charge in [0, 0.05) is 12.2 Å². The molecule has 1 aliphatic rings. The Morgan fingerprint density at radius 1 is 1.11 bits per heavy atom. The summed E-state index contributed by atoms with van der Waals surface area (Å²) in [6.07, 6.45) is 2.30. The molecule has 0 aromatic heterocycles. The molecule has 1 aliphatic carbocycles. The van der Waals surface area contributed by atoms with Gasteiger partial charge >= 0.3 is 0 Å². The van der Waals surface area contributed by atoms with Crippen LogP contribution in [0.2, 0.25) is 0 Å². The molecule has 27 heavy (non-hydrogen) atoms. The fourth-order valence-corrected chi connectivity index (χ4v) is 4.18. The lowest BCUT2D eigenvalue weighted by atomic mass is 9.65. The van der Waals surface area contributed by atoms with Gasteiger partial charge in [0.1, 0.15) is 0 Å². The van der Waals surface area contributed by atoms with Gasteiger partial charge in [0.15, 0.2) is 11.5 Å². The van der Waals surface area contributed by atoms with Gasteiger partial charge in [-0.2, -0.15) is 0 Å². The summed E-state index contributed by atoms with van der Waals surface area (Å²) in [7, 11) is 0. The molecule has 0 saturated heterocycles. The molecular weight excluding hydrogens is 346 g/mol. The second-order valence-electron chi connectivity index (χ2n) is 6.70. The van der Waals surface area contributed by atoms with Crippen molar-refractivity contribution < 1.29 is 25.2 Å². The third-order valence-corrected chi connectivity index (χ3v) is 5.33. The summed E-state index contributed by atoms with van der Waals surface area (Å²) >= 11 is 0. The monoisotopic (exact) mass is 373 g/mol. The first-order valence-electron chi connectivity index (χ1n) is 9.06. The molecule has 3 rings (SSSR count). The number of phenolic OH excluding ortho intramolecular Hbond substituents is 2. The van der Waals surface area contributed by atoms with Crippen LogP contribution in [0.25, 0.3) is 0 Å². The van der Waals surface area contributed by atoms with E-state index in [9.17, 15) is 15.3 Å². The van der Waals surface area contributed by atoms with Crippen molar-refractivity contribution in [3.8, 4) is 11.5 Å². The molecule has 0 heterocycles. The number of aliphatic hydroxyl groups is 1. The molecule has 3 unspecified atom stereocenters. The summed E-state index contributed by atoms with van der Waals surface area (Å²) in [6.45, 7) is 0.402. The SMILES string of the molecule is NCC1c2ccc(O)c(O)c2CC(c2ccccc2)C1CCCO.O=CO. The topological polar surface area (TPSA) is 124 Å². The number of rotatable bonds is 5. The van der Waals surface area contributed by atoms with E-state index >= 15 is 0 Å². The lowest BCUT2D eigenvalue weighted by Crippen LogP contribution is -2.33. The molecule has 146 valence electrons. The minimum Gasteiger partial charge on any atom is -0.504 e. The third-order valence-electron chi connectivity index (χ3n) is 5.33. The summed E-state index contributed by atoms with van der Waals surface area (Å²) in [5.41, 5.74) is 9.15. The number of carboxylic acid groups (broad SMARTS) is 1. The van der Waals surface area contributed by atoms with Crippen LogP contribution in [0.4, 0.5) is 0 Å². The van der Waals surface area contributed by atoms with E-state index in [0.717, 1.165) is 24.0 Å². The van der Waals surface area contributed by atoms with Crippen molar-refractivity contribution in [2.75, 3.05) is 13.2 Å². The number of phenols is 2. The summed E-state index contributed by atoms with van der Waals surface area (Å²) in [5, 5.41) is 36.4. The predicted octanol–water partition coefficient (Wildman–Crippen LogP) is 2.57. The number of nitrogens with two attached hydrogens (primary N) is 1. The molecule has 2 aromatic carbocycles. The second-order valence-corrected chi connectivity index (χ2v) is 6.70. The van der Waals surface area contributed by atoms with Crippen molar-refractivity contribution in [2.24, 2.45) is 11.7 Å². The van der Waals surface area contributed by atoms with Crippen molar-refractivity contribution in [3.05, 3.63) is 59.2 Å². The number of benzene rings is 2. The molecule has 2 aromatic rings. The lowest BCUT2D eigenvalue weighted by molar-refractivity contribution is -0.122. The minimum absolute atomic E-state index is 0.0208. The first kappa shape index (κ1) is 20.7. The Hall–Kier alpha value is -2.57. The van der Waals surface area contributed by atoms with Gasteiger partial charge in [0.25, 0.3) is 6.47 Å². The van der Waals surface area contributed by atoms with Gasteiger partial charge in [-0.25, -0.2) is 0 Å². The number of aliphatic hydroxyl groups excluding tert-OH is 1. The zero-order valence-electron chi connectivity index (χ0n) is 15.2. The molecule has 0 spiro atoms. The summed E-state index contributed by atoms with van der Waals surface area (Å²) in [6, 6.07) is 13.7. The standard InChI is InChI=1S/C20H25NO3.CH2O2/c21-12-18-14(7-4-10-22)16(13-5-2-1-3-6-13)11-17-15(18)8-9-19(23)20(17)24;2-1-3/h1-3,5-6,8-9,14,16,18,22-24H,4,7,10-12,21H2;1H,(H,2,3). The maximum atomic E-state index is 10.4. The minimum atomic E-state index is -0.250. The number of aromatic hydroxyl groups is 2. The van der Waals surface area contributed by atoms with Crippen LogP contribution in [0.3, 0.4) is 0 Å². The van der Waals surface area contributed by atoms with Crippen molar-refractivity contribution in [2.45, 2.75) is 31.1 Å². The molecule has 0 fully saturated rings. The second kappa shape index (κ2) is 9.94. The fraction of sp³-hybridized carbons (Fsp3) is 0.381. The molecular formula is C21H27NO5. The normalized spacial score (nSPS) is 20.9. The predicted molar refractivity (Wildman–Crippen MR) is 103 cm³/mol. The average molecular weight is 373 g/mol. The Morgan fingerprint density at radius 3 is 2.37 bits per heavy atom. The van der Waals surface area contributed by atoms with Crippen LogP contribution in [-0.2, 0) is 11.2 Å². The zero-order chi connectivity index (χ0) is 19.8. The number of hydrogen-bond acceptors (Lipinski definition) is 5. The van der Waals surface area contributed by atoms with Crippen LogP contribution in [0.1, 0.15) is 41.4 Å². The Labute approximate surface area is 158 Å². The van der Waals surface area contributed by atoms with Gasteiger partial charge in [-0.05, 0) is 60.8 Å². The highest BCUT2D eigenvalue weighted by atomic mass is 16.3. The fourth-order valence-electron chi connectivity index (χ4n) is 4.18. The van der Waals surface area contributed by atoms with Crippen LogP contribution in [0, 0.1) is 5.92 Å². The summed E-state index contributed by atoms with van der Waals surface area (Å²) < 4.78 is 0. The Bertz CT molecular complexity index is 735. The highest BCUT2D eigenvalue weighted by Crippen LogP contribution is 2.50. The van der Waals surface area contributed by atoms with Crippen molar-refractivity contribution in [3.63, 3.8) is 0 Å². The molecule has 0 bridgehead atoms. The van der Waals surface area contributed by atoms with E-state index in [0.29, 0.717) is 18.9 Å². The van der Waals surface area contributed by atoms with E-state index in [1.165, 1.54) is 5.56 Å². The van der Waals surface area contributed by atoms with Crippen LogP contribution in [-0.4, -0.2) is 40.0 Å². The maximum absolute atomic E-state index is 10.4. The van der Waals surface area contributed by atoms with E-state index in [-0.39, 0.29) is 36.4 Å². The first-order valence-corrected chi connectivity index (χ1v) is 9.06. The summed E-state index contributed by atoms with van der Waals surface area (Å²) in [4.78, 5) is 8.36. The van der Waals surface area contributed by atoms with Gasteiger partial charge in [-0.3, -0.25) is 4.79 Å².